The van der Waals surface area contributed by atoms with Crippen LogP contribution in [0.3, 0.4) is 0 Å². The second kappa shape index (κ2) is 10.6. The first-order valence-corrected chi connectivity index (χ1v) is 11.4. The molecule has 178 valence electrons. The molecule has 9 nitrogen and oxygen atoms in total. The number of carbonyl (C=O) groups is 1. The van der Waals surface area contributed by atoms with E-state index in [0.717, 1.165) is 5.56 Å². The lowest BCUT2D eigenvalue weighted by Crippen LogP contribution is -2.14. The summed E-state index contributed by atoms with van der Waals surface area (Å²) in [6.45, 7) is 1.99. The van der Waals surface area contributed by atoms with Crippen molar-refractivity contribution in [3.8, 4) is 17.2 Å². The Morgan fingerprint density at radius 1 is 1.11 bits per heavy atom. The number of nitrogens with one attached hydrogen (secondary N) is 1. The predicted octanol–water partition coefficient (Wildman–Crippen LogP) is 6.60. The summed E-state index contributed by atoms with van der Waals surface area (Å²) in [7, 11) is 0. The molecule has 1 aromatic heterocycles. The van der Waals surface area contributed by atoms with E-state index in [0.29, 0.717) is 21.0 Å². The quantitative estimate of drug-likeness (QED) is 0.193. The number of aromatic nitrogens is 2. The van der Waals surface area contributed by atoms with Crippen LogP contribution in [0.15, 0.2) is 77.4 Å². The van der Waals surface area contributed by atoms with E-state index in [1.807, 2.05) is 19.1 Å². The van der Waals surface area contributed by atoms with Crippen molar-refractivity contribution >= 4 is 44.8 Å². The first-order chi connectivity index (χ1) is 16.8. The maximum Gasteiger partial charge on any atom is 0.276 e. The van der Waals surface area contributed by atoms with Crippen LogP contribution in [0.25, 0.3) is 0 Å². The van der Waals surface area contributed by atoms with Crippen molar-refractivity contribution < 1.29 is 19.2 Å². The summed E-state index contributed by atoms with van der Waals surface area (Å²) >= 11 is 9.30. The Kier molecular flexibility index (Phi) is 7.33. The Hall–Kier alpha value is -3.89. The van der Waals surface area contributed by atoms with Gasteiger partial charge in [0.05, 0.1) is 21.1 Å². The van der Waals surface area contributed by atoms with Gasteiger partial charge in [0, 0.05) is 23.4 Å². The molecule has 0 aliphatic heterocycles. The van der Waals surface area contributed by atoms with Gasteiger partial charge < -0.3 is 14.8 Å². The van der Waals surface area contributed by atoms with Gasteiger partial charge in [-0.1, -0.05) is 29.3 Å². The summed E-state index contributed by atoms with van der Waals surface area (Å²) in [6, 6.07) is 17.9. The van der Waals surface area contributed by atoms with E-state index >= 15 is 0 Å². The third-order valence-corrected chi connectivity index (χ3v) is 5.59. The first kappa shape index (κ1) is 24.2. The average Bonchev–Trinajstić information content (AvgIpc) is 3.29. The molecule has 0 unspecified atom stereocenters. The third kappa shape index (κ3) is 6.37. The second-order valence-corrected chi connectivity index (χ2v) is 8.72. The number of rotatable bonds is 8. The molecule has 0 aliphatic carbocycles. The number of amides is 1. The minimum atomic E-state index is -0.557. The van der Waals surface area contributed by atoms with Crippen LogP contribution in [-0.2, 0) is 6.73 Å². The fraction of sp³-hybridized carbons (Fsp3) is 0.0833. The maximum atomic E-state index is 12.7. The van der Waals surface area contributed by atoms with Crippen molar-refractivity contribution in [2.45, 2.75) is 13.7 Å². The van der Waals surface area contributed by atoms with Crippen molar-refractivity contribution in [2.24, 2.45) is 0 Å². The Balaban J connectivity index is 1.46. The van der Waals surface area contributed by atoms with Gasteiger partial charge in [-0.05, 0) is 59.3 Å². The van der Waals surface area contributed by atoms with Gasteiger partial charge in [0.1, 0.15) is 17.2 Å². The highest BCUT2D eigenvalue weighted by Gasteiger charge is 2.16. The molecule has 0 radical (unpaired) electrons. The molecule has 1 heterocycles. The van der Waals surface area contributed by atoms with Crippen molar-refractivity contribution in [2.75, 3.05) is 5.32 Å². The fourth-order valence-corrected chi connectivity index (χ4v) is 3.84. The normalized spacial score (nSPS) is 10.6. The first-order valence-electron chi connectivity index (χ1n) is 10.2. The van der Waals surface area contributed by atoms with Gasteiger partial charge in [-0.2, -0.15) is 5.10 Å². The Labute approximate surface area is 213 Å². The van der Waals surface area contributed by atoms with Crippen LogP contribution in [0.5, 0.6) is 17.2 Å². The highest BCUT2D eigenvalue weighted by atomic mass is 79.9. The van der Waals surface area contributed by atoms with Gasteiger partial charge in [0.15, 0.2) is 12.4 Å². The molecule has 0 atom stereocenters. The van der Waals surface area contributed by atoms with Gasteiger partial charge in [-0.3, -0.25) is 14.9 Å². The molecule has 11 heteroatoms. The minimum absolute atomic E-state index is 0.0544. The molecule has 0 aliphatic rings. The summed E-state index contributed by atoms with van der Waals surface area (Å²) < 4.78 is 13.6. The van der Waals surface area contributed by atoms with Crippen LogP contribution in [0.1, 0.15) is 16.1 Å². The highest BCUT2D eigenvalue weighted by molar-refractivity contribution is 9.10. The standard InChI is InChI=1S/C24H18BrClN4O5/c1-15-2-5-19(6-3-15)35-20-12-17(11-18(13-20)30(32)33)27-24(31)22-8-9-29(28-22)14-34-23-7-4-16(26)10-21(23)25/h2-13H,14H2,1H3,(H,27,31). The molecule has 0 fully saturated rings. The molecule has 0 bridgehead atoms. The highest BCUT2D eigenvalue weighted by Crippen LogP contribution is 2.30. The van der Waals surface area contributed by atoms with E-state index < -0.39 is 10.8 Å². The van der Waals surface area contributed by atoms with Crippen LogP contribution in [0.2, 0.25) is 5.02 Å². The minimum Gasteiger partial charge on any atom is -0.470 e. The third-order valence-electron chi connectivity index (χ3n) is 4.74. The number of carbonyl (C=O) groups excluding carboxylic acids is 1. The molecule has 0 saturated heterocycles. The van der Waals surface area contributed by atoms with Crippen LogP contribution < -0.4 is 14.8 Å². The van der Waals surface area contributed by atoms with Crippen LogP contribution in [-0.4, -0.2) is 20.6 Å². The summed E-state index contributed by atoms with van der Waals surface area (Å²) in [4.78, 5) is 23.6. The zero-order chi connectivity index (χ0) is 24.9. The molecular formula is C24H18BrClN4O5. The molecule has 35 heavy (non-hydrogen) atoms. The molecule has 0 spiro atoms. The topological polar surface area (TPSA) is 109 Å². The number of anilines is 1. The van der Waals surface area contributed by atoms with Crippen LogP contribution in [0.4, 0.5) is 11.4 Å². The van der Waals surface area contributed by atoms with Gasteiger partial charge in [-0.25, -0.2) is 4.68 Å². The Bertz CT molecular complexity index is 1390. The van der Waals surface area contributed by atoms with Crippen molar-refractivity contribution in [3.63, 3.8) is 0 Å². The smallest absolute Gasteiger partial charge is 0.276 e. The monoisotopic (exact) mass is 556 g/mol. The Morgan fingerprint density at radius 2 is 1.89 bits per heavy atom. The van der Waals surface area contributed by atoms with Crippen LogP contribution in [0, 0.1) is 17.0 Å². The van der Waals surface area contributed by atoms with E-state index in [-0.39, 0.29) is 29.5 Å². The summed E-state index contributed by atoms with van der Waals surface area (Å²) in [5, 5.41) is 18.8. The van der Waals surface area contributed by atoms with Crippen molar-refractivity contribution in [3.05, 3.63) is 104 Å². The zero-order valence-electron chi connectivity index (χ0n) is 18.3. The van der Waals surface area contributed by atoms with E-state index in [4.69, 9.17) is 21.1 Å². The van der Waals surface area contributed by atoms with E-state index in [1.165, 1.54) is 28.9 Å². The number of nitro benzene ring substituents is 1. The van der Waals surface area contributed by atoms with Gasteiger partial charge in [0.2, 0.25) is 0 Å². The van der Waals surface area contributed by atoms with Gasteiger partial charge in [0.25, 0.3) is 11.6 Å². The molecule has 4 rings (SSSR count). The van der Waals surface area contributed by atoms with E-state index in [9.17, 15) is 14.9 Å². The molecule has 3 aromatic carbocycles. The fourth-order valence-electron chi connectivity index (χ4n) is 3.04. The lowest BCUT2D eigenvalue weighted by atomic mass is 10.2. The van der Waals surface area contributed by atoms with Crippen molar-refractivity contribution in [1.82, 2.24) is 9.78 Å². The number of hydrogen-bond acceptors (Lipinski definition) is 6. The SMILES string of the molecule is Cc1ccc(Oc2cc(NC(=O)c3ccn(COc4ccc(Cl)cc4Br)n3)cc([N+](=O)[O-])c2)cc1. The molecule has 4 aromatic rings. The predicted molar refractivity (Wildman–Crippen MR) is 134 cm³/mol. The average molecular weight is 558 g/mol. The largest absolute Gasteiger partial charge is 0.470 e. The van der Waals surface area contributed by atoms with Gasteiger partial charge >= 0.3 is 0 Å². The van der Waals surface area contributed by atoms with Gasteiger partial charge in [-0.15, -0.1) is 0 Å². The number of hydrogen-bond donors (Lipinski definition) is 1. The zero-order valence-corrected chi connectivity index (χ0v) is 20.6. The lowest BCUT2D eigenvalue weighted by Gasteiger charge is -2.09. The molecule has 1 amide bonds. The van der Waals surface area contributed by atoms with Crippen molar-refractivity contribution in [1.29, 1.82) is 0 Å². The Morgan fingerprint density at radius 3 is 2.60 bits per heavy atom. The lowest BCUT2D eigenvalue weighted by molar-refractivity contribution is -0.384. The number of halogens is 2. The molecule has 1 N–H and O–H groups in total. The number of benzene rings is 3. The number of ether oxygens (including phenoxy) is 2. The van der Waals surface area contributed by atoms with E-state index in [2.05, 4.69) is 26.3 Å². The number of nitro groups is 1. The molecule has 0 saturated carbocycles. The summed E-state index contributed by atoms with van der Waals surface area (Å²) in [5.74, 6) is 0.747. The van der Waals surface area contributed by atoms with E-state index in [1.54, 1.807) is 36.5 Å². The maximum absolute atomic E-state index is 12.7. The number of nitrogens with zero attached hydrogens (tertiary/aromatic N) is 3. The number of aryl methyl sites for hydroxylation is 1. The molecular weight excluding hydrogens is 540 g/mol. The second-order valence-electron chi connectivity index (χ2n) is 7.43. The number of non-ortho nitro benzene ring substituents is 1. The summed E-state index contributed by atoms with van der Waals surface area (Å²) in [5.41, 5.74) is 1.13. The van der Waals surface area contributed by atoms with Crippen LogP contribution >= 0.6 is 27.5 Å². The summed E-state index contributed by atoms with van der Waals surface area (Å²) in [6.07, 6.45) is 1.58.